The monoisotopic (exact) mass is 208 g/mol. The highest BCUT2D eigenvalue weighted by Crippen LogP contribution is 2.00. The number of quaternary nitrogens is 1. The van der Waals surface area contributed by atoms with Crippen molar-refractivity contribution in [2.75, 3.05) is 27.7 Å². The van der Waals surface area contributed by atoms with Crippen LogP contribution in [0.25, 0.3) is 0 Å². The molecule has 1 heterocycles. The van der Waals surface area contributed by atoms with Gasteiger partial charge in [-0.15, -0.1) is 0 Å². The van der Waals surface area contributed by atoms with Gasteiger partial charge in [0.05, 0.1) is 27.7 Å². The van der Waals surface area contributed by atoms with Crippen LogP contribution in [0.5, 0.6) is 0 Å². The molecule has 0 aliphatic carbocycles. The van der Waals surface area contributed by atoms with Crippen LogP contribution in [0.1, 0.15) is 19.3 Å². The molecule has 2 heteroatoms. The van der Waals surface area contributed by atoms with Crippen LogP contribution in [0.4, 0.5) is 0 Å². The van der Waals surface area contributed by atoms with Gasteiger partial charge in [0.2, 0.25) is 0 Å². The van der Waals surface area contributed by atoms with Gasteiger partial charge in [-0.05, 0) is 12.8 Å². The predicted octanol–water partition coefficient (Wildman–Crippen LogP) is 1.85. The molecular weight excluding hydrogens is 184 g/mol. The smallest absolute Gasteiger partial charge is 0.168 e. The van der Waals surface area contributed by atoms with Gasteiger partial charge in [-0.2, -0.15) is 0 Å². The first-order valence-electron chi connectivity index (χ1n) is 5.82. The highest BCUT2D eigenvalue weighted by Gasteiger charge is 2.06. The molecule has 0 saturated carbocycles. The van der Waals surface area contributed by atoms with Crippen LogP contribution in [-0.4, -0.2) is 32.2 Å². The summed E-state index contributed by atoms with van der Waals surface area (Å²) in [5.41, 5.74) is 0. The Kier molecular flexibility index (Phi) is 4.76. The summed E-state index contributed by atoms with van der Waals surface area (Å²) in [7, 11) is 6.77. The minimum atomic E-state index is 1.08. The van der Waals surface area contributed by atoms with Crippen LogP contribution in [0.3, 0.4) is 0 Å². The van der Waals surface area contributed by atoms with E-state index in [9.17, 15) is 0 Å². The normalized spacial score (nSPS) is 11.7. The van der Waals surface area contributed by atoms with Crippen LogP contribution in [0, 0.1) is 0 Å². The molecule has 0 N–H and O–H groups in total. The molecule has 0 bridgehead atoms. The Morgan fingerprint density at radius 1 is 0.867 bits per heavy atom. The molecular formula is C13H24N2+2. The molecule has 84 valence electrons. The predicted molar refractivity (Wildman–Crippen MR) is 63.4 cm³/mol. The van der Waals surface area contributed by atoms with Gasteiger partial charge < -0.3 is 4.48 Å². The topological polar surface area (TPSA) is 3.88 Å². The summed E-state index contributed by atoms with van der Waals surface area (Å²) in [6.07, 6.45) is 8.22. The maximum absolute atomic E-state index is 2.26. The Bertz CT molecular complexity index is 262. The van der Waals surface area contributed by atoms with Gasteiger partial charge in [0.15, 0.2) is 12.4 Å². The van der Waals surface area contributed by atoms with E-state index in [1.807, 2.05) is 0 Å². The Morgan fingerprint density at radius 2 is 1.53 bits per heavy atom. The molecule has 15 heavy (non-hydrogen) atoms. The fraction of sp³-hybridized carbons (Fsp3) is 0.615. The van der Waals surface area contributed by atoms with E-state index >= 15 is 0 Å². The van der Waals surface area contributed by atoms with Gasteiger partial charge >= 0.3 is 0 Å². The average molecular weight is 208 g/mol. The SMILES string of the molecule is C[N+](C)(C)CCCCC[n+]1ccccc1. The van der Waals surface area contributed by atoms with E-state index in [2.05, 4.69) is 56.3 Å². The summed E-state index contributed by atoms with van der Waals surface area (Å²) in [6.45, 7) is 2.43. The van der Waals surface area contributed by atoms with Crippen molar-refractivity contribution < 1.29 is 9.05 Å². The molecule has 0 unspecified atom stereocenters. The molecule has 0 aromatic carbocycles. The minimum Gasteiger partial charge on any atom is -0.331 e. The van der Waals surface area contributed by atoms with E-state index in [0.29, 0.717) is 0 Å². The van der Waals surface area contributed by atoms with Crippen molar-refractivity contribution in [1.82, 2.24) is 0 Å². The van der Waals surface area contributed by atoms with Crippen LogP contribution < -0.4 is 4.57 Å². The van der Waals surface area contributed by atoms with Crippen molar-refractivity contribution in [3.05, 3.63) is 30.6 Å². The third-order valence-corrected chi connectivity index (χ3v) is 2.52. The lowest BCUT2D eigenvalue weighted by Gasteiger charge is -2.23. The molecule has 0 amide bonds. The molecule has 0 atom stereocenters. The standard InChI is InChI=1S/C13H24N2/c1-15(2,3)13-9-5-8-12-14-10-6-4-7-11-14/h4,6-7,10-11H,5,8-9,12-13H2,1-3H3/q+2. The molecule has 0 fully saturated rings. The van der Waals surface area contributed by atoms with Gasteiger partial charge in [-0.25, -0.2) is 4.57 Å². The first-order chi connectivity index (χ1) is 7.08. The Morgan fingerprint density at radius 3 is 2.13 bits per heavy atom. The van der Waals surface area contributed by atoms with Crippen LogP contribution >= 0.6 is 0 Å². The summed E-state index contributed by atoms with van der Waals surface area (Å²) < 4.78 is 3.34. The van der Waals surface area contributed by atoms with Crippen molar-refractivity contribution in [1.29, 1.82) is 0 Å². The molecule has 2 nitrogen and oxygen atoms in total. The molecule has 0 radical (unpaired) electrons. The second-order valence-corrected chi connectivity index (χ2v) is 5.19. The number of hydrogen-bond acceptors (Lipinski definition) is 0. The number of unbranched alkanes of at least 4 members (excludes halogenated alkanes) is 2. The largest absolute Gasteiger partial charge is 0.331 e. The highest BCUT2D eigenvalue weighted by atomic mass is 15.3. The minimum absolute atomic E-state index is 1.08. The summed E-state index contributed by atoms with van der Waals surface area (Å²) in [6, 6.07) is 6.24. The second kappa shape index (κ2) is 5.86. The van der Waals surface area contributed by atoms with Gasteiger partial charge in [-0.3, -0.25) is 0 Å². The Balaban J connectivity index is 2.08. The van der Waals surface area contributed by atoms with Gasteiger partial charge in [0, 0.05) is 18.6 Å². The van der Waals surface area contributed by atoms with Crippen LogP contribution in [-0.2, 0) is 6.54 Å². The lowest BCUT2D eigenvalue weighted by molar-refractivity contribution is -0.870. The summed E-state index contributed by atoms with van der Waals surface area (Å²) in [5, 5.41) is 0. The lowest BCUT2D eigenvalue weighted by atomic mass is 10.2. The average Bonchev–Trinajstić information content (AvgIpc) is 2.17. The van der Waals surface area contributed by atoms with Crippen molar-refractivity contribution in [2.45, 2.75) is 25.8 Å². The van der Waals surface area contributed by atoms with Crippen molar-refractivity contribution in [2.24, 2.45) is 0 Å². The molecule has 0 saturated heterocycles. The quantitative estimate of drug-likeness (QED) is 0.382. The van der Waals surface area contributed by atoms with Crippen molar-refractivity contribution in [3.8, 4) is 0 Å². The van der Waals surface area contributed by atoms with Crippen molar-refractivity contribution in [3.63, 3.8) is 0 Å². The van der Waals surface area contributed by atoms with Gasteiger partial charge in [-0.1, -0.05) is 6.07 Å². The summed E-state index contributed by atoms with van der Waals surface area (Å²) >= 11 is 0. The Labute approximate surface area is 93.8 Å². The second-order valence-electron chi connectivity index (χ2n) is 5.19. The van der Waals surface area contributed by atoms with E-state index in [1.54, 1.807) is 0 Å². The third kappa shape index (κ3) is 6.24. The van der Waals surface area contributed by atoms with E-state index in [4.69, 9.17) is 0 Å². The molecule has 1 rings (SSSR count). The number of hydrogen-bond donors (Lipinski definition) is 0. The number of aryl methyl sites for hydroxylation is 1. The molecule has 0 spiro atoms. The lowest BCUT2D eigenvalue weighted by Crippen LogP contribution is -2.35. The zero-order valence-electron chi connectivity index (χ0n) is 10.3. The van der Waals surface area contributed by atoms with Gasteiger partial charge in [0.1, 0.15) is 6.54 Å². The first kappa shape index (κ1) is 12.2. The maximum atomic E-state index is 2.26. The molecule has 1 aromatic rings. The van der Waals surface area contributed by atoms with E-state index < -0.39 is 0 Å². The number of nitrogens with zero attached hydrogens (tertiary/aromatic N) is 2. The Hall–Kier alpha value is -0.890. The molecule has 1 aromatic heterocycles. The van der Waals surface area contributed by atoms with Crippen LogP contribution in [0.2, 0.25) is 0 Å². The first-order valence-corrected chi connectivity index (χ1v) is 5.82. The fourth-order valence-corrected chi connectivity index (χ4v) is 1.64. The van der Waals surface area contributed by atoms with E-state index in [1.165, 1.54) is 25.8 Å². The molecule has 0 aliphatic rings. The van der Waals surface area contributed by atoms with E-state index in [-0.39, 0.29) is 0 Å². The molecule has 0 aliphatic heterocycles. The fourth-order valence-electron chi connectivity index (χ4n) is 1.64. The number of aromatic nitrogens is 1. The highest BCUT2D eigenvalue weighted by molar-refractivity contribution is 4.83. The summed E-state index contributed by atoms with van der Waals surface area (Å²) in [5.74, 6) is 0. The number of pyridine rings is 1. The summed E-state index contributed by atoms with van der Waals surface area (Å²) in [4.78, 5) is 0. The van der Waals surface area contributed by atoms with E-state index in [0.717, 1.165) is 11.0 Å². The van der Waals surface area contributed by atoms with Crippen LogP contribution in [0.15, 0.2) is 30.6 Å². The zero-order valence-corrected chi connectivity index (χ0v) is 10.3. The third-order valence-electron chi connectivity index (χ3n) is 2.52. The zero-order chi connectivity index (χ0) is 11.1. The van der Waals surface area contributed by atoms with Gasteiger partial charge in [0.25, 0.3) is 0 Å². The maximum Gasteiger partial charge on any atom is 0.168 e. The van der Waals surface area contributed by atoms with Crippen molar-refractivity contribution >= 4 is 0 Å². The number of rotatable bonds is 6.